The predicted octanol–water partition coefficient (Wildman–Crippen LogP) is 3.05. The van der Waals surface area contributed by atoms with E-state index in [1.807, 2.05) is 13.8 Å². The first kappa shape index (κ1) is 15.0. The second-order valence-corrected chi connectivity index (χ2v) is 2.66. The summed E-state index contributed by atoms with van der Waals surface area (Å²) in [5, 5.41) is 0. The smallest absolute Gasteiger partial charge is 0.376 e. The van der Waals surface area contributed by atoms with E-state index in [1.165, 1.54) is 36.8 Å². The van der Waals surface area contributed by atoms with Gasteiger partial charge in [0, 0.05) is 0 Å². The molecule has 0 atom stereocenters. The normalized spacial score (nSPS) is 23.2. The van der Waals surface area contributed by atoms with E-state index in [0.717, 1.165) is 0 Å². The first-order valence-electron chi connectivity index (χ1n) is 3.96. The van der Waals surface area contributed by atoms with Crippen molar-refractivity contribution in [3.05, 3.63) is 23.3 Å². The van der Waals surface area contributed by atoms with Gasteiger partial charge in [0.15, 0.2) is 0 Å². The fourth-order valence-electron chi connectivity index (χ4n) is 1.46. The van der Waals surface area contributed by atoms with Crippen molar-refractivity contribution in [3.63, 3.8) is 0 Å². The van der Waals surface area contributed by atoms with Crippen LogP contribution < -0.4 is 0 Å². The van der Waals surface area contributed by atoms with Crippen LogP contribution in [0.4, 0.5) is 0 Å². The summed E-state index contributed by atoms with van der Waals surface area (Å²) in [6.45, 7) is 4.00. The Bertz CT molecular complexity index is 149. The van der Waals surface area contributed by atoms with Gasteiger partial charge in [-0.1, -0.05) is 12.8 Å². The third-order valence-electron chi connectivity index (χ3n) is 2.07. The summed E-state index contributed by atoms with van der Waals surface area (Å²) in [5.74, 6) is 0. The molecule has 0 spiro atoms. The van der Waals surface area contributed by atoms with Gasteiger partial charge in [-0.2, -0.15) is 0 Å². The molecule has 0 radical (unpaired) electrons. The molecule has 0 aromatic heterocycles. The van der Waals surface area contributed by atoms with E-state index in [4.69, 9.17) is 0 Å². The summed E-state index contributed by atoms with van der Waals surface area (Å²) < 4.78 is 0. The molecule has 0 aromatic rings. The van der Waals surface area contributed by atoms with E-state index < -0.39 is 0 Å². The zero-order chi connectivity index (χ0) is 7.40. The van der Waals surface area contributed by atoms with Crippen molar-refractivity contribution in [2.45, 2.75) is 39.5 Å². The molecule has 0 bridgehead atoms. The van der Waals surface area contributed by atoms with Crippen LogP contribution in [0.15, 0.2) is 11.1 Å². The number of allylic oxidation sites excluding steroid dienone is 4. The second kappa shape index (κ2) is 8.13. The Hall–Kier alpha value is 0.519. The number of rotatable bonds is 0. The number of hydrogen-bond donors (Lipinski definition) is 0. The van der Waals surface area contributed by atoms with Crippen LogP contribution in [0, 0.1) is 12.2 Å². The van der Waals surface area contributed by atoms with Crippen LogP contribution in [0.1, 0.15) is 39.5 Å². The maximum Gasteiger partial charge on any atom is 1.00 e. The predicted molar refractivity (Wildman–Crippen MR) is 43.3 cm³/mol. The van der Waals surface area contributed by atoms with Crippen molar-refractivity contribution in [1.29, 1.82) is 0 Å². The van der Waals surface area contributed by atoms with Gasteiger partial charge in [-0.3, -0.25) is 0 Å². The fourth-order valence-corrected chi connectivity index (χ4v) is 1.46. The third-order valence-corrected chi connectivity index (χ3v) is 2.07. The minimum atomic E-state index is 0. The Balaban J connectivity index is 0. The molecule has 0 aliphatic heterocycles. The van der Waals surface area contributed by atoms with Gasteiger partial charge in [0.2, 0.25) is 0 Å². The fraction of sp³-hybridized carbons (Fsp3) is 0.600. The summed E-state index contributed by atoms with van der Waals surface area (Å²) in [5.41, 5.74) is 2.79. The molecule has 0 heterocycles. The molecule has 1 aliphatic carbocycles. The van der Waals surface area contributed by atoms with Crippen molar-refractivity contribution >= 4 is 0 Å². The Kier molecular flexibility index (Phi) is 10.2. The first-order valence-corrected chi connectivity index (χ1v) is 3.96. The van der Waals surface area contributed by atoms with Crippen LogP contribution in [0.25, 0.3) is 0 Å². The molecule has 0 unspecified atom stereocenters. The summed E-state index contributed by atoms with van der Waals surface area (Å²) in [7, 11) is 0. The van der Waals surface area contributed by atoms with E-state index in [0.29, 0.717) is 0 Å². The van der Waals surface area contributed by atoms with Gasteiger partial charge in [0.1, 0.15) is 0 Å². The van der Waals surface area contributed by atoms with Gasteiger partial charge in [-0.15, -0.1) is 26.7 Å². The third kappa shape index (κ3) is 3.96. The van der Waals surface area contributed by atoms with Crippen LogP contribution in [0.2, 0.25) is 0 Å². The van der Waals surface area contributed by atoms with Crippen molar-refractivity contribution in [3.8, 4) is 0 Å². The quantitative estimate of drug-likeness (QED) is 0.464. The number of hydrogen-bond acceptors (Lipinski definition) is 0. The minimum Gasteiger partial charge on any atom is -0.376 e. The summed E-state index contributed by atoms with van der Waals surface area (Å²) in [6, 6.07) is 0. The van der Waals surface area contributed by atoms with E-state index >= 15 is 0 Å². The van der Waals surface area contributed by atoms with Crippen LogP contribution in [-0.4, -0.2) is 0 Å². The van der Waals surface area contributed by atoms with Crippen molar-refractivity contribution < 1.29 is 34.1 Å². The molecule has 1 saturated carbocycles. The Labute approximate surface area is 96.8 Å². The maximum atomic E-state index is 3.22. The van der Waals surface area contributed by atoms with Crippen LogP contribution in [0.5, 0.6) is 0 Å². The van der Waals surface area contributed by atoms with E-state index in [1.54, 1.807) is 0 Å². The molecule has 2 heteroatoms. The molecule has 76 valence electrons. The minimum absolute atomic E-state index is 0. The van der Waals surface area contributed by atoms with Crippen molar-refractivity contribution in [2.75, 3.05) is 0 Å². The van der Waals surface area contributed by atoms with E-state index in [9.17, 15) is 0 Å². The maximum absolute atomic E-state index is 3.22. The largest absolute Gasteiger partial charge is 1.00 e. The molecule has 0 N–H and O–H groups in total. The van der Waals surface area contributed by atoms with Gasteiger partial charge >= 0.3 is 34.1 Å². The van der Waals surface area contributed by atoms with Crippen LogP contribution in [0.3, 0.4) is 0 Å². The Morgan fingerprint density at radius 3 is 1.42 bits per heavy atom. The first-order chi connectivity index (χ1) is 4.88. The Morgan fingerprint density at radius 2 is 1.17 bits per heavy atom. The zero-order valence-electron chi connectivity index (χ0n) is 7.43. The van der Waals surface area contributed by atoms with Crippen LogP contribution >= 0.6 is 0 Å². The van der Waals surface area contributed by atoms with Gasteiger partial charge in [-0.25, -0.2) is 0 Å². The van der Waals surface area contributed by atoms with Gasteiger partial charge in [0.05, 0.1) is 0 Å². The molecule has 0 nitrogen and oxygen atoms in total. The average Bonchev–Trinajstić information content (AvgIpc) is 2.04. The molecule has 0 amide bonds. The molecular formula is C10H14Cu2. The summed E-state index contributed by atoms with van der Waals surface area (Å²) in [4.78, 5) is 0. The van der Waals surface area contributed by atoms with Gasteiger partial charge in [0.25, 0.3) is 0 Å². The van der Waals surface area contributed by atoms with E-state index in [2.05, 4.69) is 12.2 Å². The average molecular weight is 261 g/mol. The molecule has 12 heavy (non-hydrogen) atoms. The van der Waals surface area contributed by atoms with Gasteiger partial charge < -0.3 is 23.3 Å². The zero-order valence-corrected chi connectivity index (χ0v) is 9.31. The second-order valence-electron chi connectivity index (χ2n) is 2.66. The summed E-state index contributed by atoms with van der Waals surface area (Å²) >= 11 is 0. The standard InChI is InChI=1S/C10H14.2Cu/c1-3-9-7-5-6-8-10(9)4-2;;/h5-8H2,1-2H3;;/q-2;2*+1. The molecule has 0 saturated heterocycles. The van der Waals surface area contributed by atoms with Crippen molar-refractivity contribution in [1.82, 2.24) is 0 Å². The van der Waals surface area contributed by atoms with Crippen molar-refractivity contribution in [2.24, 2.45) is 0 Å². The van der Waals surface area contributed by atoms with Gasteiger partial charge in [-0.05, 0) is 0 Å². The molecular weight excluding hydrogens is 247 g/mol. The van der Waals surface area contributed by atoms with E-state index in [-0.39, 0.29) is 34.1 Å². The monoisotopic (exact) mass is 260 g/mol. The SMILES string of the molecule is C[C-]=C1CCCCC1=[C-]C.[Cu+].[Cu+]. The molecule has 1 aliphatic rings. The molecule has 1 rings (SSSR count). The molecule has 0 aromatic carbocycles. The summed E-state index contributed by atoms with van der Waals surface area (Å²) in [6.07, 6.45) is 11.5. The van der Waals surface area contributed by atoms with Crippen LogP contribution in [-0.2, 0) is 34.1 Å². The Morgan fingerprint density at radius 1 is 0.833 bits per heavy atom. The topological polar surface area (TPSA) is 0 Å². The molecule has 1 fully saturated rings.